The number of benzene rings is 2. The number of methoxy groups -OCH3 is 1. The quantitative estimate of drug-likeness (QED) is 0.261. The van der Waals surface area contributed by atoms with Crippen molar-refractivity contribution in [2.45, 2.75) is 25.7 Å². The molecule has 2 aliphatic heterocycles. The zero-order chi connectivity index (χ0) is 28.5. The smallest absolute Gasteiger partial charge is 0.229 e. The highest BCUT2D eigenvalue weighted by Gasteiger charge is 2.37. The van der Waals surface area contributed by atoms with E-state index in [9.17, 15) is 0 Å². The summed E-state index contributed by atoms with van der Waals surface area (Å²) >= 11 is 16.1. The number of ether oxygens (including phenoxy) is 1. The number of rotatable bonds is 7. The molecule has 7 nitrogen and oxygen atoms in total. The van der Waals surface area contributed by atoms with Gasteiger partial charge in [-0.3, -0.25) is 0 Å². The van der Waals surface area contributed by atoms with Crippen LogP contribution in [0.15, 0.2) is 47.1 Å². The first kappa shape index (κ1) is 29.6. The van der Waals surface area contributed by atoms with Crippen LogP contribution < -0.4 is 25.6 Å². The number of hydrogen-bond acceptors (Lipinski definition) is 8. The lowest BCUT2D eigenvalue weighted by atomic mass is 9.71. The van der Waals surface area contributed by atoms with Gasteiger partial charge < -0.3 is 25.2 Å². The van der Waals surface area contributed by atoms with Crippen molar-refractivity contribution in [3.05, 3.63) is 52.1 Å². The van der Waals surface area contributed by atoms with Crippen LogP contribution in [-0.2, 0) is 11.8 Å². The molecule has 0 saturated carbocycles. The number of halogens is 2. The third-order valence-electron chi connectivity index (χ3n) is 8.21. The van der Waals surface area contributed by atoms with Crippen molar-refractivity contribution in [1.29, 1.82) is 0 Å². The number of nitrogens with one attached hydrogen (secondary N) is 2. The van der Waals surface area contributed by atoms with E-state index in [1.165, 1.54) is 38.8 Å². The van der Waals surface area contributed by atoms with Gasteiger partial charge in [0, 0.05) is 34.6 Å². The molecule has 0 atom stereocenters. The SMILES string of the molecule is COc1cc(N2CCC3(CCN(C)CC3)CC2)c(Br)cc1Nc1ncc(Cl)c(Nc2ccccc2P(C)(C)=S)n1. The molecule has 5 rings (SSSR count). The maximum absolute atomic E-state index is 6.50. The summed E-state index contributed by atoms with van der Waals surface area (Å²) < 4.78 is 6.82. The molecule has 3 heterocycles. The number of hydrogen-bond donors (Lipinski definition) is 2. The number of aromatic nitrogens is 2. The predicted octanol–water partition coefficient (Wildman–Crippen LogP) is 7.06. The van der Waals surface area contributed by atoms with Gasteiger partial charge in [-0.25, -0.2) is 4.98 Å². The molecule has 1 aromatic heterocycles. The van der Waals surface area contributed by atoms with E-state index in [2.05, 4.69) is 78.8 Å². The van der Waals surface area contributed by atoms with Crippen LogP contribution in [0.1, 0.15) is 25.7 Å². The van der Waals surface area contributed by atoms with E-state index >= 15 is 0 Å². The fourth-order valence-corrected chi connectivity index (χ4v) is 8.04. The topological polar surface area (TPSA) is 65.6 Å². The molecule has 2 saturated heterocycles. The van der Waals surface area contributed by atoms with Gasteiger partial charge in [0.15, 0.2) is 5.82 Å². The van der Waals surface area contributed by atoms with Gasteiger partial charge >= 0.3 is 0 Å². The summed E-state index contributed by atoms with van der Waals surface area (Å²) in [4.78, 5) is 14.0. The van der Waals surface area contributed by atoms with Crippen molar-refractivity contribution >= 4 is 79.5 Å². The molecule has 2 aromatic carbocycles. The summed E-state index contributed by atoms with van der Waals surface area (Å²) in [5, 5.41) is 8.25. The minimum atomic E-state index is -1.68. The van der Waals surface area contributed by atoms with Crippen LogP contribution in [0.5, 0.6) is 5.75 Å². The number of anilines is 5. The minimum absolute atomic E-state index is 0.414. The van der Waals surface area contributed by atoms with Gasteiger partial charge in [0.25, 0.3) is 0 Å². The van der Waals surface area contributed by atoms with Crippen LogP contribution >= 0.6 is 33.6 Å². The summed E-state index contributed by atoms with van der Waals surface area (Å²) in [6.07, 6.45) is 6.68. The average molecular weight is 664 g/mol. The van der Waals surface area contributed by atoms with Gasteiger partial charge in [-0.2, -0.15) is 4.98 Å². The van der Waals surface area contributed by atoms with E-state index in [4.69, 9.17) is 28.1 Å². The van der Waals surface area contributed by atoms with Crippen molar-refractivity contribution in [3.63, 3.8) is 0 Å². The monoisotopic (exact) mass is 662 g/mol. The molecular weight excluding hydrogens is 627 g/mol. The number of likely N-dealkylation sites (tertiary alicyclic amines) is 1. The van der Waals surface area contributed by atoms with Gasteiger partial charge in [-0.05, 0) is 98.7 Å². The normalized spacial score (nSPS) is 17.6. The minimum Gasteiger partial charge on any atom is -0.494 e. The summed E-state index contributed by atoms with van der Waals surface area (Å²) in [5.74, 6) is 1.66. The van der Waals surface area contributed by atoms with Gasteiger partial charge in [-0.1, -0.05) is 41.6 Å². The second kappa shape index (κ2) is 12.1. The summed E-state index contributed by atoms with van der Waals surface area (Å²) in [5.41, 5.74) is 3.34. The van der Waals surface area contributed by atoms with Crippen LogP contribution in [0.25, 0.3) is 0 Å². The molecule has 2 aliphatic rings. The Morgan fingerprint density at radius 1 is 1.02 bits per heavy atom. The molecule has 214 valence electrons. The van der Waals surface area contributed by atoms with Crippen LogP contribution in [-0.4, -0.2) is 68.5 Å². The van der Waals surface area contributed by atoms with E-state index in [-0.39, 0.29) is 0 Å². The molecule has 0 aliphatic carbocycles. The number of nitrogens with zero attached hydrogens (tertiary/aromatic N) is 4. The van der Waals surface area contributed by atoms with Crippen molar-refractivity contribution in [1.82, 2.24) is 14.9 Å². The molecule has 40 heavy (non-hydrogen) atoms. The van der Waals surface area contributed by atoms with Crippen molar-refractivity contribution in [3.8, 4) is 5.75 Å². The fourth-order valence-electron chi connectivity index (χ4n) is 5.68. The molecule has 11 heteroatoms. The average Bonchev–Trinajstić information content (AvgIpc) is 2.93. The zero-order valence-electron chi connectivity index (χ0n) is 23.5. The van der Waals surface area contributed by atoms with E-state index < -0.39 is 6.04 Å². The van der Waals surface area contributed by atoms with Crippen LogP contribution in [0.4, 0.5) is 28.8 Å². The first-order valence-corrected chi connectivity index (χ1v) is 18.5. The van der Waals surface area contributed by atoms with Crippen molar-refractivity contribution < 1.29 is 4.74 Å². The second-order valence-electron chi connectivity index (χ2n) is 11.3. The maximum Gasteiger partial charge on any atom is 0.229 e. The van der Waals surface area contributed by atoms with E-state index in [0.29, 0.717) is 22.2 Å². The molecule has 0 radical (unpaired) electrons. The van der Waals surface area contributed by atoms with Gasteiger partial charge in [0.1, 0.15) is 10.8 Å². The lowest BCUT2D eigenvalue weighted by Gasteiger charge is -2.47. The molecule has 0 bridgehead atoms. The summed E-state index contributed by atoms with van der Waals surface area (Å²) in [6.45, 7) is 8.75. The first-order chi connectivity index (χ1) is 19.1. The second-order valence-corrected chi connectivity index (χ2v) is 18.5. The standard InChI is InChI=1S/C29H37BrClN6OPS/c1-36-13-9-29(10-14-36)11-15-37(16-12-29)24-18-25(38-2)23(17-20(24)30)34-28-32-19-21(31)27(35-28)33-22-7-5-6-8-26(22)39(3,4)40/h5-8,17-19H,9-16H2,1-4H3,(H2,32,33,34,35). The van der Waals surface area contributed by atoms with Crippen LogP contribution in [0, 0.1) is 5.41 Å². The Kier molecular flexibility index (Phi) is 8.98. The Morgan fingerprint density at radius 2 is 1.70 bits per heavy atom. The lowest BCUT2D eigenvalue weighted by Crippen LogP contribution is -2.46. The van der Waals surface area contributed by atoms with Gasteiger partial charge in [0.05, 0.1) is 24.7 Å². The van der Waals surface area contributed by atoms with E-state index in [1.54, 1.807) is 13.3 Å². The Hall–Kier alpha value is -1.90. The largest absolute Gasteiger partial charge is 0.494 e. The van der Waals surface area contributed by atoms with Crippen LogP contribution in [0.3, 0.4) is 0 Å². The number of piperidine rings is 2. The number of para-hydroxylation sites is 1. The zero-order valence-corrected chi connectivity index (χ0v) is 27.6. The maximum atomic E-state index is 6.50. The summed E-state index contributed by atoms with van der Waals surface area (Å²) in [7, 11) is 3.92. The highest BCUT2D eigenvalue weighted by molar-refractivity contribution is 9.10. The molecule has 0 amide bonds. The third kappa shape index (κ3) is 6.60. The highest BCUT2D eigenvalue weighted by atomic mass is 79.9. The predicted molar refractivity (Wildman–Crippen MR) is 177 cm³/mol. The molecule has 2 fully saturated rings. The lowest BCUT2D eigenvalue weighted by molar-refractivity contribution is 0.0944. The van der Waals surface area contributed by atoms with E-state index in [0.717, 1.165) is 45.7 Å². The van der Waals surface area contributed by atoms with Crippen LogP contribution in [0.2, 0.25) is 5.02 Å². The molecule has 1 spiro atoms. The Labute approximate surface area is 256 Å². The molecule has 3 aromatic rings. The highest BCUT2D eigenvalue weighted by Crippen LogP contribution is 2.45. The van der Waals surface area contributed by atoms with Gasteiger partial charge in [0.2, 0.25) is 5.95 Å². The molecular formula is C29H37BrClN6OPS. The Balaban J connectivity index is 1.34. The van der Waals surface area contributed by atoms with E-state index in [1.807, 2.05) is 24.3 Å². The summed E-state index contributed by atoms with van der Waals surface area (Å²) in [6, 6.07) is 10.5. The molecule has 0 unspecified atom stereocenters. The van der Waals surface area contributed by atoms with Gasteiger partial charge in [-0.15, -0.1) is 0 Å². The third-order valence-corrected chi connectivity index (χ3v) is 11.3. The Bertz CT molecular complexity index is 1420. The first-order valence-electron chi connectivity index (χ1n) is 13.6. The molecule has 2 N–H and O–H groups in total. The van der Waals surface area contributed by atoms with Crippen molar-refractivity contribution in [2.75, 3.05) is 69.2 Å². The van der Waals surface area contributed by atoms with Crippen molar-refractivity contribution in [2.24, 2.45) is 5.41 Å². The fraction of sp³-hybridized carbons (Fsp3) is 0.448. The Morgan fingerprint density at radius 3 is 2.38 bits per heavy atom.